The minimum absolute atomic E-state index is 0.166. The van der Waals surface area contributed by atoms with E-state index in [0.717, 1.165) is 28.2 Å². The van der Waals surface area contributed by atoms with Gasteiger partial charge in [0.1, 0.15) is 0 Å². The molecule has 4 rings (SSSR count). The molecule has 34 heavy (non-hydrogen) atoms. The van der Waals surface area contributed by atoms with E-state index in [0.29, 0.717) is 20.6 Å². The number of aromatic nitrogens is 2. The zero-order valence-corrected chi connectivity index (χ0v) is 21.5. The number of rotatable bonds is 5. The van der Waals surface area contributed by atoms with E-state index in [1.807, 2.05) is 70.2 Å². The van der Waals surface area contributed by atoms with Gasteiger partial charge in [0.15, 0.2) is 4.80 Å². The molecule has 8 heteroatoms. The van der Waals surface area contributed by atoms with Gasteiger partial charge in [0.25, 0.3) is 5.56 Å². The molecule has 0 amide bonds. The highest BCUT2D eigenvalue weighted by atomic mass is 32.1. The molecule has 7 nitrogen and oxygen atoms in total. The molecule has 0 aliphatic carbocycles. The monoisotopic (exact) mass is 478 g/mol. The number of hydrogen-bond donors (Lipinski definition) is 0. The fourth-order valence-corrected chi connectivity index (χ4v) is 5.27. The number of carbonyl (C=O) groups is 1. The quantitative estimate of drug-likeness (QED) is 0.529. The van der Waals surface area contributed by atoms with E-state index in [4.69, 9.17) is 4.74 Å². The Morgan fingerprint density at radius 2 is 1.88 bits per heavy atom. The van der Waals surface area contributed by atoms with Gasteiger partial charge < -0.3 is 14.2 Å². The van der Waals surface area contributed by atoms with E-state index in [9.17, 15) is 9.59 Å². The summed E-state index contributed by atoms with van der Waals surface area (Å²) in [6.07, 6.45) is 1.92. The summed E-state index contributed by atoms with van der Waals surface area (Å²) in [5.41, 5.74) is 5.87. The third-order valence-corrected chi connectivity index (χ3v) is 7.33. The lowest BCUT2D eigenvalue weighted by atomic mass is 9.95. The van der Waals surface area contributed by atoms with Crippen molar-refractivity contribution < 1.29 is 9.53 Å². The second kappa shape index (κ2) is 9.10. The maximum absolute atomic E-state index is 13.7. The van der Waals surface area contributed by atoms with Crippen LogP contribution < -0.4 is 19.8 Å². The first kappa shape index (κ1) is 23.8. The average Bonchev–Trinajstić information content (AvgIpc) is 3.23. The zero-order chi connectivity index (χ0) is 24.7. The maximum atomic E-state index is 13.7. The standard InChI is InChI=1S/C26H30N4O3S/c1-8-33-25(32)22-16(3)27-26-30(23(22)18-9-11-20(12-10-18)28(5)6)24(31)21(34-26)14-19-13-15(2)29(7)17(19)4/h9-14,23H,8H2,1-7H3/b21-14+. The van der Waals surface area contributed by atoms with Crippen molar-refractivity contribution >= 4 is 29.1 Å². The van der Waals surface area contributed by atoms with Crippen LogP contribution in [-0.2, 0) is 16.6 Å². The molecule has 1 unspecified atom stereocenters. The van der Waals surface area contributed by atoms with Crippen LogP contribution in [0.2, 0.25) is 0 Å². The molecular weight excluding hydrogens is 448 g/mol. The Hall–Kier alpha value is -3.39. The highest BCUT2D eigenvalue weighted by molar-refractivity contribution is 7.07. The molecule has 3 aromatic rings. The van der Waals surface area contributed by atoms with Crippen LogP contribution in [0, 0.1) is 13.8 Å². The minimum Gasteiger partial charge on any atom is -0.463 e. The van der Waals surface area contributed by atoms with Crippen molar-refractivity contribution in [1.82, 2.24) is 9.13 Å². The normalized spacial score (nSPS) is 15.9. The number of ether oxygens (including phenoxy) is 1. The number of anilines is 1. The summed E-state index contributed by atoms with van der Waals surface area (Å²) in [6.45, 7) is 7.90. The minimum atomic E-state index is -0.604. The van der Waals surface area contributed by atoms with E-state index in [-0.39, 0.29) is 12.2 Å². The third-order valence-electron chi connectivity index (χ3n) is 6.34. The molecule has 1 aliphatic rings. The highest BCUT2D eigenvalue weighted by Gasteiger charge is 2.33. The summed E-state index contributed by atoms with van der Waals surface area (Å²) < 4.78 is 9.68. The Balaban J connectivity index is 1.95. The predicted molar refractivity (Wildman–Crippen MR) is 136 cm³/mol. The van der Waals surface area contributed by atoms with Crippen molar-refractivity contribution in [3.8, 4) is 0 Å². The van der Waals surface area contributed by atoms with E-state index >= 15 is 0 Å². The summed E-state index contributed by atoms with van der Waals surface area (Å²) in [5.74, 6) is -0.450. The molecule has 0 saturated heterocycles. The molecule has 1 atom stereocenters. The van der Waals surface area contributed by atoms with Gasteiger partial charge in [-0.15, -0.1) is 0 Å². The molecule has 0 N–H and O–H groups in total. The van der Waals surface area contributed by atoms with E-state index in [2.05, 4.69) is 15.6 Å². The molecule has 2 aromatic heterocycles. The molecule has 0 saturated carbocycles. The highest BCUT2D eigenvalue weighted by Crippen LogP contribution is 2.31. The van der Waals surface area contributed by atoms with Gasteiger partial charge in [-0.2, -0.15) is 0 Å². The van der Waals surface area contributed by atoms with Gasteiger partial charge in [-0.05, 0) is 63.1 Å². The fraction of sp³-hybridized carbons (Fsp3) is 0.346. The lowest BCUT2D eigenvalue weighted by molar-refractivity contribution is -0.139. The number of esters is 1. The summed E-state index contributed by atoms with van der Waals surface area (Å²) in [6, 6.07) is 9.35. The predicted octanol–water partition coefficient (Wildman–Crippen LogP) is 2.82. The first-order valence-electron chi connectivity index (χ1n) is 11.2. The van der Waals surface area contributed by atoms with E-state index in [1.165, 1.54) is 11.3 Å². The number of thiazole rings is 1. The van der Waals surface area contributed by atoms with Crippen molar-refractivity contribution in [3.63, 3.8) is 0 Å². The van der Waals surface area contributed by atoms with Crippen LogP contribution in [0.3, 0.4) is 0 Å². The van der Waals surface area contributed by atoms with Crippen LogP contribution in [0.1, 0.15) is 42.4 Å². The number of aryl methyl sites for hydroxylation is 1. The molecule has 178 valence electrons. The second-order valence-electron chi connectivity index (χ2n) is 8.67. The molecule has 0 bridgehead atoms. The average molecular weight is 479 g/mol. The summed E-state index contributed by atoms with van der Waals surface area (Å²) in [5, 5.41) is 0. The maximum Gasteiger partial charge on any atom is 0.338 e. The Kier molecular flexibility index (Phi) is 6.36. The lowest BCUT2D eigenvalue weighted by Gasteiger charge is -2.25. The zero-order valence-electron chi connectivity index (χ0n) is 20.7. The van der Waals surface area contributed by atoms with Gasteiger partial charge in [0.2, 0.25) is 0 Å². The largest absolute Gasteiger partial charge is 0.463 e. The summed E-state index contributed by atoms with van der Waals surface area (Å²) in [7, 11) is 5.95. The van der Waals surface area contributed by atoms with Crippen LogP contribution in [-0.4, -0.2) is 35.8 Å². The van der Waals surface area contributed by atoms with Crippen LogP contribution in [0.25, 0.3) is 6.08 Å². The van der Waals surface area contributed by atoms with Crippen molar-refractivity contribution in [1.29, 1.82) is 0 Å². The van der Waals surface area contributed by atoms with Crippen molar-refractivity contribution in [2.45, 2.75) is 33.7 Å². The summed E-state index contributed by atoms with van der Waals surface area (Å²) in [4.78, 5) is 33.9. The summed E-state index contributed by atoms with van der Waals surface area (Å²) >= 11 is 1.34. The van der Waals surface area contributed by atoms with Crippen LogP contribution >= 0.6 is 11.3 Å². The van der Waals surface area contributed by atoms with Crippen LogP contribution in [0.4, 0.5) is 5.69 Å². The number of benzene rings is 1. The Bertz CT molecular complexity index is 1470. The first-order valence-corrected chi connectivity index (χ1v) is 12.1. The third kappa shape index (κ3) is 4.03. The molecule has 0 spiro atoms. The number of fused-ring (bicyclic) bond motifs is 1. The van der Waals surface area contributed by atoms with Gasteiger partial charge in [-0.25, -0.2) is 9.79 Å². The molecule has 1 aromatic carbocycles. The fourth-order valence-electron chi connectivity index (χ4n) is 4.23. The SMILES string of the molecule is CCOC(=O)C1=C(C)N=c2s/c(=C/c3cc(C)n(C)c3C)c(=O)n2C1c1ccc(N(C)C)cc1. The van der Waals surface area contributed by atoms with Crippen molar-refractivity contribution in [2.75, 3.05) is 25.6 Å². The first-order chi connectivity index (χ1) is 16.1. The lowest BCUT2D eigenvalue weighted by Crippen LogP contribution is -2.40. The molecular formula is C26H30N4O3S. The number of carbonyl (C=O) groups excluding carboxylic acids is 1. The van der Waals surface area contributed by atoms with E-state index in [1.54, 1.807) is 18.4 Å². The van der Waals surface area contributed by atoms with Gasteiger partial charge in [-0.1, -0.05) is 23.5 Å². The molecule has 0 radical (unpaired) electrons. The van der Waals surface area contributed by atoms with Crippen LogP contribution in [0.15, 0.2) is 51.4 Å². The van der Waals surface area contributed by atoms with Crippen LogP contribution in [0.5, 0.6) is 0 Å². The molecule has 1 aliphatic heterocycles. The van der Waals surface area contributed by atoms with Gasteiger partial charge in [0.05, 0.1) is 28.5 Å². The Labute approximate surface area is 202 Å². The van der Waals surface area contributed by atoms with Gasteiger partial charge >= 0.3 is 5.97 Å². The van der Waals surface area contributed by atoms with Gasteiger partial charge in [0, 0.05) is 38.2 Å². The van der Waals surface area contributed by atoms with E-state index < -0.39 is 12.0 Å². The Morgan fingerprint density at radius 1 is 1.21 bits per heavy atom. The van der Waals surface area contributed by atoms with Crippen molar-refractivity contribution in [2.24, 2.45) is 12.0 Å². The number of hydrogen-bond acceptors (Lipinski definition) is 6. The number of allylic oxidation sites excluding steroid dienone is 1. The smallest absolute Gasteiger partial charge is 0.338 e. The molecule has 3 heterocycles. The Morgan fingerprint density at radius 3 is 2.44 bits per heavy atom. The van der Waals surface area contributed by atoms with Gasteiger partial charge in [-0.3, -0.25) is 9.36 Å². The van der Waals surface area contributed by atoms with Crippen molar-refractivity contribution in [3.05, 3.63) is 83.8 Å². The number of nitrogens with zero attached hydrogens (tertiary/aromatic N) is 4. The molecule has 0 fully saturated rings. The topological polar surface area (TPSA) is 68.8 Å². The second-order valence-corrected chi connectivity index (χ2v) is 9.68.